The standard InChI is InChI=1S/C14H22BrN/c1-12(2)16(10-4-9-15)11-14-7-5-13(3)6-8-14/h5-8,12H,4,9-11H2,1-3H3. The second-order valence-corrected chi connectivity index (χ2v) is 5.39. The molecule has 1 aromatic rings. The molecule has 1 rings (SSSR count). The minimum atomic E-state index is 0.611. The summed E-state index contributed by atoms with van der Waals surface area (Å²) in [6.07, 6.45) is 1.21. The number of halogens is 1. The van der Waals surface area contributed by atoms with E-state index in [0.717, 1.165) is 18.4 Å². The fourth-order valence-electron chi connectivity index (χ4n) is 1.71. The summed E-state index contributed by atoms with van der Waals surface area (Å²) in [6.45, 7) is 8.89. The van der Waals surface area contributed by atoms with E-state index in [1.54, 1.807) is 0 Å². The van der Waals surface area contributed by atoms with Crippen molar-refractivity contribution >= 4 is 15.9 Å². The summed E-state index contributed by atoms with van der Waals surface area (Å²) in [5, 5.41) is 1.09. The van der Waals surface area contributed by atoms with Crippen LogP contribution in [0.1, 0.15) is 31.4 Å². The Morgan fingerprint density at radius 3 is 2.31 bits per heavy atom. The second-order valence-electron chi connectivity index (χ2n) is 4.59. The molecule has 0 N–H and O–H groups in total. The van der Waals surface area contributed by atoms with Crippen molar-refractivity contribution in [3.05, 3.63) is 35.4 Å². The molecular formula is C14H22BrN. The SMILES string of the molecule is Cc1ccc(CN(CCCBr)C(C)C)cc1. The molecule has 0 fully saturated rings. The van der Waals surface area contributed by atoms with E-state index in [-0.39, 0.29) is 0 Å². The molecule has 90 valence electrons. The highest BCUT2D eigenvalue weighted by Crippen LogP contribution is 2.10. The highest BCUT2D eigenvalue weighted by molar-refractivity contribution is 9.09. The van der Waals surface area contributed by atoms with Crippen molar-refractivity contribution in [3.8, 4) is 0 Å². The first kappa shape index (κ1) is 13.7. The average molecular weight is 284 g/mol. The van der Waals surface area contributed by atoms with Crippen molar-refractivity contribution in [2.75, 3.05) is 11.9 Å². The predicted molar refractivity (Wildman–Crippen MR) is 75.1 cm³/mol. The molecule has 0 radical (unpaired) electrons. The van der Waals surface area contributed by atoms with Crippen molar-refractivity contribution in [2.45, 2.75) is 39.8 Å². The van der Waals surface area contributed by atoms with Gasteiger partial charge in [0.05, 0.1) is 0 Å². The van der Waals surface area contributed by atoms with E-state index in [2.05, 4.69) is 65.9 Å². The third-order valence-corrected chi connectivity index (χ3v) is 3.38. The van der Waals surface area contributed by atoms with Crippen LogP contribution in [0.25, 0.3) is 0 Å². The number of benzene rings is 1. The van der Waals surface area contributed by atoms with Gasteiger partial charge in [-0.2, -0.15) is 0 Å². The fourth-order valence-corrected chi connectivity index (χ4v) is 1.96. The van der Waals surface area contributed by atoms with Gasteiger partial charge >= 0.3 is 0 Å². The molecule has 0 heterocycles. The average Bonchev–Trinajstić information content (AvgIpc) is 2.26. The highest BCUT2D eigenvalue weighted by atomic mass is 79.9. The lowest BCUT2D eigenvalue weighted by molar-refractivity contribution is 0.214. The largest absolute Gasteiger partial charge is 0.297 e. The molecule has 0 bridgehead atoms. The third kappa shape index (κ3) is 4.67. The van der Waals surface area contributed by atoms with Gasteiger partial charge in [0.2, 0.25) is 0 Å². The lowest BCUT2D eigenvalue weighted by atomic mass is 10.1. The van der Waals surface area contributed by atoms with Crippen LogP contribution in [0.5, 0.6) is 0 Å². The van der Waals surface area contributed by atoms with E-state index in [0.29, 0.717) is 6.04 Å². The van der Waals surface area contributed by atoms with Gasteiger partial charge in [-0.3, -0.25) is 4.90 Å². The number of alkyl halides is 1. The maximum atomic E-state index is 3.50. The van der Waals surface area contributed by atoms with Gasteiger partial charge in [0.25, 0.3) is 0 Å². The molecule has 1 nitrogen and oxygen atoms in total. The van der Waals surface area contributed by atoms with Crippen LogP contribution in [0.4, 0.5) is 0 Å². The van der Waals surface area contributed by atoms with E-state index in [9.17, 15) is 0 Å². The molecule has 0 aliphatic heterocycles. The van der Waals surface area contributed by atoms with Crippen molar-refractivity contribution in [1.82, 2.24) is 4.90 Å². The summed E-state index contributed by atoms with van der Waals surface area (Å²) < 4.78 is 0. The number of aryl methyl sites for hydroxylation is 1. The lowest BCUT2D eigenvalue weighted by Crippen LogP contribution is -2.31. The first-order valence-electron chi connectivity index (χ1n) is 5.99. The molecule has 0 spiro atoms. The Morgan fingerprint density at radius 1 is 1.19 bits per heavy atom. The van der Waals surface area contributed by atoms with Crippen molar-refractivity contribution in [2.24, 2.45) is 0 Å². The van der Waals surface area contributed by atoms with Gasteiger partial charge in [-0.05, 0) is 39.3 Å². The summed E-state index contributed by atoms with van der Waals surface area (Å²) in [5.41, 5.74) is 2.74. The Bertz CT molecular complexity index is 292. The molecule has 0 amide bonds. The summed E-state index contributed by atoms with van der Waals surface area (Å²) >= 11 is 3.50. The van der Waals surface area contributed by atoms with E-state index in [1.165, 1.54) is 17.5 Å². The van der Waals surface area contributed by atoms with Gasteiger partial charge in [0.15, 0.2) is 0 Å². The lowest BCUT2D eigenvalue weighted by Gasteiger charge is -2.26. The van der Waals surface area contributed by atoms with Crippen LogP contribution in [-0.4, -0.2) is 22.8 Å². The van der Waals surface area contributed by atoms with E-state index < -0.39 is 0 Å². The fraction of sp³-hybridized carbons (Fsp3) is 0.571. The van der Waals surface area contributed by atoms with Crippen LogP contribution in [-0.2, 0) is 6.54 Å². The first-order chi connectivity index (χ1) is 7.63. The minimum absolute atomic E-state index is 0.611. The molecule has 0 saturated heterocycles. The number of nitrogens with zero attached hydrogens (tertiary/aromatic N) is 1. The molecule has 1 aromatic carbocycles. The number of rotatable bonds is 6. The molecule has 0 saturated carbocycles. The summed E-state index contributed by atoms with van der Waals surface area (Å²) in [5.74, 6) is 0. The maximum absolute atomic E-state index is 3.50. The molecule has 2 heteroatoms. The van der Waals surface area contributed by atoms with Crippen LogP contribution < -0.4 is 0 Å². The second kappa shape index (κ2) is 7.08. The monoisotopic (exact) mass is 283 g/mol. The van der Waals surface area contributed by atoms with Gasteiger partial charge in [0, 0.05) is 17.9 Å². The Hall–Kier alpha value is -0.340. The van der Waals surface area contributed by atoms with Crippen molar-refractivity contribution < 1.29 is 0 Å². The summed E-state index contributed by atoms with van der Waals surface area (Å²) in [4.78, 5) is 2.52. The molecule has 0 aromatic heterocycles. The Kier molecular flexibility index (Phi) is 6.07. The van der Waals surface area contributed by atoms with Crippen LogP contribution in [0, 0.1) is 6.92 Å². The van der Waals surface area contributed by atoms with E-state index in [4.69, 9.17) is 0 Å². The molecule has 0 unspecified atom stereocenters. The molecule has 0 aliphatic rings. The van der Waals surface area contributed by atoms with Gasteiger partial charge < -0.3 is 0 Å². The van der Waals surface area contributed by atoms with Crippen molar-refractivity contribution in [1.29, 1.82) is 0 Å². The minimum Gasteiger partial charge on any atom is -0.297 e. The van der Waals surface area contributed by atoms with Crippen LogP contribution in [0.15, 0.2) is 24.3 Å². The van der Waals surface area contributed by atoms with Crippen LogP contribution >= 0.6 is 15.9 Å². The maximum Gasteiger partial charge on any atom is 0.0236 e. The Morgan fingerprint density at radius 2 is 1.81 bits per heavy atom. The first-order valence-corrected chi connectivity index (χ1v) is 7.11. The summed E-state index contributed by atoms with van der Waals surface area (Å²) in [7, 11) is 0. The molecule has 0 aliphatic carbocycles. The van der Waals surface area contributed by atoms with Gasteiger partial charge in [-0.1, -0.05) is 45.8 Å². The number of hydrogen-bond donors (Lipinski definition) is 0. The molecular weight excluding hydrogens is 262 g/mol. The van der Waals surface area contributed by atoms with E-state index in [1.807, 2.05) is 0 Å². The molecule has 0 atom stereocenters. The third-order valence-electron chi connectivity index (χ3n) is 2.82. The van der Waals surface area contributed by atoms with Gasteiger partial charge in [-0.15, -0.1) is 0 Å². The topological polar surface area (TPSA) is 3.24 Å². The van der Waals surface area contributed by atoms with Crippen LogP contribution in [0.2, 0.25) is 0 Å². The van der Waals surface area contributed by atoms with Crippen LogP contribution in [0.3, 0.4) is 0 Å². The van der Waals surface area contributed by atoms with Gasteiger partial charge in [0.1, 0.15) is 0 Å². The smallest absolute Gasteiger partial charge is 0.0236 e. The Labute approximate surface area is 108 Å². The summed E-state index contributed by atoms with van der Waals surface area (Å²) in [6, 6.07) is 9.47. The van der Waals surface area contributed by atoms with Gasteiger partial charge in [-0.25, -0.2) is 0 Å². The normalized spacial score (nSPS) is 11.4. The highest BCUT2D eigenvalue weighted by Gasteiger charge is 2.09. The van der Waals surface area contributed by atoms with Crippen molar-refractivity contribution in [3.63, 3.8) is 0 Å². The number of hydrogen-bond acceptors (Lipinski definition) is 1. The zero-order valence-electron chi connectivity index (χ0n) is 10.5. The van der Waals surface area contributed by atoms with E-state index >= 15 is 0 Å². The predicted octanol–water partition coefficient (Wildman–Crippen LogP) is 3.99. The molecule has 16 heavy (non-hydrogen) atoms. The zero-order chi connectivity index (χ0) is 12.0. The quantitative estimate of drug-likeness (QED) is 0.714. The zero-order valence-corrected chi connectivity index (χ0v) is 12.1. The Balaban J connectivity index is 2.57.